The Morgan fingerprint density at radius 1 is 1.24 bits per heavy atom. The van der Waals surface area contributed by atoms with Crippen LogP contribution in [0.1, 0.15) is 25.3 Å². The van der Waals surface area contributed by atoms with Crippen molar-refractivity contribution >= 4 is 5.69 Å². The van der Waals surface area contributed by atoms with Gasteiger partial charge in [-0.1, -0.05) is 23.8 Å². The van der Waals surface area contributed by atoms with Crippen molar-refractivity contribution in [2.75, 3.05) is 25.4 Å². The van der Waals surface area contributed by atoms with E-state index in [0.29, 0.717) is 0 Å². The van der Waals surface area contributed by atoms with Crippen molar-refractivity contribution in [2.24, 2.45) is 0 Å². The lowest BCUT2D eigenvalue weighted by Gasteiger charge is -2.25. The molecule has 1 aromatic rings. The quantitative estimate of drug-likeness (QED) is 0.636. The van der Waals surface area contributed by atoms with Crippen LogP contribution in [0.2, 0.25) is 0 Å². The van der Waals surface area contributed by atoms with Crippen LogP contribution < -0.4 is 5.73 Å². The molecule has 0 saturated carbocycles. The molecule has 0 aromatic heterocycles. The zero-order valence-electron chi connectivity index (χ0n) is 10.7. The van der Waals surface area contributed by atoms with Crippen molar-refractivity contribution in [3.8, 4) is 0 Å². The second kappa shape index (κ2) is 5.87. The fraction of sp³-hybridized carbons (Fsp3) is 0.467. The molecule has 2 N–H and O–H groups in total. The fourth-order valence-electron chi connectivity index (χ4n) is 2.37. The van der Waals surface area contributed by atoms with Crippen LogP contribution in [0.15, 0.2) is 35.9 Å². The normalized spacial score (nSPS) is 16.9. The Morgan fingerprint density at radius 2 is 2.00 bits per heavy atom. The molecule has 0 spiro atoms. The molecule has 1 aliphatic rings. The van der Waals surface area contributed by atoms with E-state index < -0.39 is 0 Å². The molecule has 0 bridgehead atoms. The highest BCUT2D eigenvalue weighted by atomic mass is 15.1. The standard InChI is InChI=1S/C15H22N2/c1-13-4-2-10-17(12-13)11-3-5-14-6-8-15(16)9-7-14/h4,6-9H,2-3,5,10-12,16H2,1H3. The van der Waals surface area contributed by atoms with E-state index in [4.69, 9.17) is 5.73 Å². The van der Waals surface area contributed by atoms with E-state index in [2.05, 4.69) is 30.0 Å². The highest BCUT2D eigenvalue weighted by Crippen LogP contribution is 2.11. The van der Waals surface area contributed by atoms with Crippen molar-refractivity contribution in [2.45, 2.75) is 26.2 Å². The van der Waals surface area contributed by atoms with Gasteiger partial charge in [0.2, 0.25) is 0 Å². The number of benzene rings is 1. The van der Waals surface area contributed by atoms with E-state index in [1.807, 2.05) is 12.1 Å². The Balaban J connectivity index is 1.72. The van der Waals surface area contributed by atoms with Crippen LogP contribution in [-0.2, 0) is 6.42 Å². The third kappa shape index (κ3) is 3.90. The van der Waals surface area contributed by atoms with E-state index in [9.17, 15) is 0 Å². The van der Waals surface area contributed by atoms with Gasteiger partial charge in [0, 0.05) is 18.8 Å². The largest absolute Gasteiger partial charge is 0.399 e. The predicted octanol–water partition coefficient (Wildman–Crippen LogP) is 2.85. The van der Waals surface area contributed by atoms with Gasteiger partial charge in [-0.3, -0.25) is 4.90 Å². The number of hydrogen-bond donors (Lipinski definition) is 1. The van der Waals surface area contributed by atoms with Gasteiger partial charge in [-0.05, 0) is 50.4 Å². The second-order valence-corrected chi connectivity index (χ2v) is 4.96. The average molecular weight is 230 g/mol. The summed E-state index contributed by atoms with van der Waals surface area (Å²) in [6.45, 7) is 5.81. The number of rotatable bonds is 4. The average Bonchev–Trinajstić information content (AvgIpc) is 2.32. The van der Waals surface area contributed by atoms with Crippen LogP contribution in [0.4, 0.5) is 5.69 Å². The first kappa shape index (κ1) is 12.2. The fourth-order valence-corrected chi connectivity index (χ4v) is 2.37. The zero-order valence-corrected chi connectivity index (χ0v) is 10.7. The molecule has 0 fully saturated rings. The van der Waals surface area contributed by atoms with Crippen LogP contribution in [0.3, 0.4) is 0 Å². The van der Waals surface area contributed by atoms with Gasteiger partial charge in [0.05, 0.1) is 0 Å². The predicted molar refractivity (Wildman–Crippen MR) is 74.0 cm³/mol. The van der Waals surface area contributed by atoms with Crippen molar-refractivity contribution in [1.82, 2.24) is 4.90 Å². The molecular formula is C15H22N2. The van der Waals surface area contributed by atoms with Gasteiger partial charge >= 0.3 is 0 Å². The van der Waals surface area contributed by atoms with Crippen LogP contribution in [0.25, 0.3) is 0 Å². The molecule has 0 saturated heterocycles. The Morgan fingerprint density at radius 3 is 2.71 bits per heavy atom. The zero-order chi connectivity index (χ0) is 12.1. The molecule has 1 aliphatic heterocycles. The Hall–Kier alpha value is -1.28. The first-order valence-corrected chi connectivity index (χ1v) is 6.46. The van der Waals surface area contributed by atoms with Gasteiger partial charge in [-0.2, -0.15) is 0 Å². The Kier molecular flexibility index (Phi) is 4.21. The molecule has 92 valence electrons. The van der Waals surface area contributed by atoms with E-state index >= 15 is 0 Å². The van der Waals surface area contributed by atoms with E-state index in [1.165, 1.54) is 37.1 Å². The lowest BCUT2D eigenvalue weighted by Crippen LogP contribution is -2.30. The molecule has 2 nitrogen and oxygen atoms in total. The van der Waals surface area contributed by atoms with Gasteiger partial charge in [0.25, 0.3) is 0 Å². The number of aryl methyl sites for hydroxylation is 1. The van der Waals surface area contributed by atoms with Crippen LogP contribution in [0.5, 0.6) is 0 Å². The first-order chi connectivity index (χ1) is 8.24. The Labute approximate surface area is 104 Å². The van der Waals surface area contributed by atoms with Crippen molar-refractivity contribution in [3.63, 3.8) is 0 Å². The maximum atomic E-state index is 5.67. The van der Waals surface area contributed by atoms with E-state index in [-0.39, 0.29) is 0 Å². The van der Waals surface area contributed by atoms with Crippen molar-refractivity contribution in [1.29, 1.82) is 0 Å². The van der Waals surface area contributed by atoms with E-state index in [1.54, 1.807) is 0 Å². The number of nitrogens with two attached hydrogens (primary N) is 1. The topological polar surface area (TPSA) is 29.3 Å². The summed E-state index contributed by atoms with van der Waals surface area (Å²) in [6.07, 6.45) is 5.96. The second-order valence-electron chi connectivity index (χ2n) is 4.96. The van der Waals surface area contributed by atoms with Gasteiger partial charge in [-0.25, -0.2) is 0 Å². The van der Waals surface area contributed by atoms with Crippen LogP contribution in [0, 0.1) is 0 Å². The molecule has 2 heteroatoms. The molecule has 1 aromatic carbocycles. The molecule has 2 rings (SSSR count). The third-order valence-electron chi connectivity index (χ3n) is 3.33. The van der Waals surface area contributed by atoms with Gasteiger partial charge in [0.15, 0.2) is 0 Å². The number of nitrogen functional groups attached to an aromatic ring is 1. The lowest BCUT2D eigenvalue weighted by atomic mass is 10.1. The molecule has 0 atom stereocenters. The number of hydrogen-bond acceptors (Lipinski definition) is 2. The van der Waals surface area contributed by atoms with Crippen molar-refractivity contribution < 1.29 is 0 Å². The van der Waals surface area contributed by atoms with Gasteiger partial charge < -0.3 is 5.73 Å². The van der Waals surface area contributed by atoms with Crippen molar-refractivity contribution in [3.05, 3.63) is 41.5 Å². The maximum absolute atomic E-state index is 5.67. The Bertz CT molecular complexity index is 378. The minimum Gasteiger partial charge on any atom is -0.399 e. The summed E-state index contributed by atoms with van der Waals surface area (Å²) >= 11 is 0. The highest BCUT2D eigenvalue weighted by molar-refractivity contribution is 5.39. The molecule has 17 heavy (non-hydrogen) atoms. The number of nitrogens with zero attached hydrogens (tertiary/aromatic N) is 1. The van der Waals surface area contributed by atoms with E-state index in [0.717, 1.165) is 18.7 Å². The molecule has 1 heterocycles. The monoisotopic (exact) mass is 230 g/mol. The summed E-state index contributed by atoms with van der Waals surface area (Å²) in [5, 5.41) is 0. The highest BCUT2D eigenvalue weighted by Gasteiger charge is 2.08. The minimum atomic E-state index is 0.852. The summed E-state index contributed by atoms with van der Waals surface area (Å²) < 4.78 is 0. The maximum Gasteiger partial charge on any atom is 0.0314 e. The lowest BCUT2D eigenvalue weighted by molar-refractivity contribution is 0.287. The third-order valence-corrected chi connectivity index (χ3v) is 3.33. The summed E-state index contributed by atoms with van der Waals surface area (Å²) in [7, 11) is 0. The summed E-state index contributed by atoms with van der Waals surface area (Å²) in [5.74, 6) is 0. The van der Waals surface area contributed by atoms with Crippen LogP contribution >= 0.6 is 0 Å². The summed E-state index contributed by atoms with van der Waals surface area (Å²) in [6, 6.07) is 8.25. The SMILES string of the molecule is CC1=CCCN(CCCc2ccc(N)cc2)C1. The molecule has 0 radical (unpaired) electrons. The minimum absolute atomic E-state index is 0.852. The molecule has 0 amide bonds. The summed E-state index contributed by atoms with van der Waals surface area (Å²) in [5.41, 5.74) is 9.43. The molecule has 0 unspecified atom stereocenters. The van der Waals surface area contributed by atoms with Gasteiger partial charge in [0.1, 0.15) is 0 Å². The van der Waals surface area contributed by atoms with Crippen LogP contribution in [-0.4, -0.2) is 24.5 Å². The van der Waals surface area contributed by atoms with Gasteiger partial charge in [-0.15, -0.1) is 0 Å². The molecule has 0 aliphatic carbocycles. The molecular weight excluding hydrogens is 208 g/mol. The number of anilines is 1. The first-order valence-electron chi connectivity index (χ1n) is 6.46. The smallest absolute Gasteiger partial charge is 0.0314 e. The summed E-state index contributed by atoms with van der Waals surface area (Å²) in [4.78, 5) is 2.55.